The van der Waals surface area contributed by atoms with Crippen LogP contribution in [0.25, 0.3) is 0 Å². The minimum Gasteiger partial charge on any atom is -0.396 e. The molecule has 0 radical (unpaired) electrons. The van der Waals surface area contributed by atoms with Crippen molar-refractivity contribution in [2.75, 3.05) is 6.61 Å². The molecule has 0 aromatic heterocycles. The van der Waals surface area contributed by atoms with Crippen LogP contribution in [0.4, 0.5) is 0 Å². The Kier molecular flexibility index (Phi) is 3.49. The molecular weight excluding hydrogens is 184 g/mol. The van der Waals surface area contributed by atoms with Crippen molar-refractivity contribution in [3.8, 4) is 0 Å². The fourth-order valence-electron chi connectivity index (χ4n) is 0.940. The summed E-state index contributed by atoms with van der Waals surface area (Å²) in [6.07, 6.45) is 0. The van der Waals surface area contributed by atoms with E-state index in [0.717, 1.165) is 0 Å². The maximum Gasteiger partial charge on any atom is 0.232 e. The van der Waals surface area contributed by atoms with E-state index in [-0.39, 0.29) is 0 Å². The van der Waals surface area contributed by atoms with Crippen LogP contribution in [0.2, 0.25) is 0 Å². The minimum atomic E-state index is -2.50. The summed E-state index contributed by atoms with van der Waals surface area (Å²) in [5.41, 5.74) is -2.12. The van der Waals surface area contributed by atoms with Gasteiger partial charge in [-0.15, -0.1) is 0 Å². The van der Waals surface area contributed by atoms with Crippen LogP contribution in [0.5, 0.6) is 0 Å². The molecule has 0 unspecified atom stereocenters. The second-order valence-electron chi connectivity index (χ2n) is 5.29. The molecule has 0 atom stereocenters. The average Bonchev–Trinajstić information content (AvgIpc) is 2.01. The van der Waals surface area contributed by atoms with Crippen molar-refractivity contribution < 1.29 is 20.1 Å². The molecule has 0 bridgehead atoms. The van der Waals surface area contributed by atoms with E-state index in [9.17, 15) is 15.0 Å². The lowest BCUT2D eigenvalue weighted by atomic mass is 9.74. The Morgan fingerprint density at radius 1 is 1.07 bits per heavy atom. The summed E-state index contributed by atoms with van der Waals surface area (Å²) in [5, 5.41) is 28.4. The van der Waals surface area contributed by atoms with Crippen LogP contribution in [0, 0.1) is 10.8 Å². The summed E-state index contributed by atoms with van der Waals surface area (Å²) in [5.74, 6) is -3.19. The molecule has 0 rings (SSSR count). The summed E-state index contributed by atoms with van der Waals surface area (Å²) in [6.45, 7) is 7.19. The molecule has 0 aromatic rings. The Balaban J connectivity index is 5.07. The second-order valence-corrected chi connectivity index (χ2v) is 5.29. The summed E-state index contributed by atoms with van der Waals surface area (Å²) < 4.78 is 0. The zero-order valence-corrected chi connectivity index (χ0v) is 9.46. The van der Waals surface area contributed by atoms with Gasteiger partial charge in [-0.2, -0.15) is 0 Å². The molecular formula is C10H20O4. The highest BCUT2D eigenvalue weighted by molar-refractivity contribution is 5.90. The first kappa shape index (κ1) is 13.5. The second kappa shape index (κ2) is 3.61. The molecule has 0 aliphatic rings. The van der Waals surface area contributed by atoms with E-state index >= 15 is 0 Å². The van der Waals surface area contributed by atoms with Gasteiger partial charge in [0.05, 0.1) is 6.61 Å². The number of carbonyl (C=O) groups excluding carboxylic acids is 1. The number of Topliss-reactive ketones (excluding diaryl/α,β-unsaturated/α-hetero) is 1. The van der Waals surface area contributed by atoms with Crippen molar-refractivity contribution in [2.45, 2.75) is 40.4 Å². The third kappa shape index (κ3) is 2.32. The number of ketones is 1. The van der Waals surface area contributed by atoms with E-state index in [0.29, 0.717) is 0 Å². The van der Waals surface area contributed by atoms with Crippen molar-refractivity contribution in [3.05, 3.63) is 0 Å². The molecule has 0 aromatic carbocycles. The van der Waals surface area contributed by atoms with Gasteiger partial charge in [-0.1, -0.05) is 34.6 Å². The number of aliphatic hydroxyl groups excluding tert-OH is 1. The van der Waals surface area contributed by atoms with Crippen LogP contribution in [-0.4, -0.2) is 33.5 Å². The van der Waals surface area contributed by atoms with Gasteiger partial charge in [-0.25, -0.2) is 0 Å². The first-order chi connectivity index (χ1) is 5.97. The van der Waals surface area contributed by atoms with Gasteiger partial charge < -0.3 is 15.3 Å². The maximum absolute atomic E-state index is 11.7. The molecule has 3 N–H and O–H groups in total. The average molecular weight is 204 g/mol. The first-order valence-electron chi connectivity index (χ1n) is 4.57. The van der Waals surface area contributed by atoms with Crippen molar-refractivity contribution >= 4 is 5.78 Å². The van der Waals surface area contributed by atoms with Crippen LogP contribution < -0.4 is 0 Å². The Bertz CT molecular complexity index is 223. The molecule has 4 nitrogen and oxygen atoms in total. The monoisotopic (exact) mass is 204 g/mol. The van der Waals surface area contributed by atoms with E-state index in [1.807, 2.05) is 0 Å². The van der Waals surface area contributed by atoms with E-state index in [2.05, 4.69) is 0 Å². The minimum absolute atomic E-state index is 0.470. The van der Waals surface area contributed by atoms with E-state index in [1.54, 1.807) is 20.8 Å². The number of hydrogen-bond donors (Lipinski definition) is 3. The molecule has 0 aliphatic carbocycles. The van der Waals surface area contributed by atoms with Gasteiger partial charge in [-0.3, -0.25) is 4.79 Å². The highest BCUT2D eigenvalue weighted by atomic mass is 16.5. The molecule has 4 heteroatoms. The van der Waals surface area contributed by atoms with Crippen molar-refractivity contribution in [1.82, 2.24) is 0 Å². The van der Waals surface area contributed by atoms with Gasteiger partial charge in [0.25, 0.3) is 0 Å². The van der Waals surface area contributed by atoms with Gasteiger partial charge >= 0.3 is 0 Å². The quantitative estimate of drug-likeness (QED) is 0.578. The van der Waals surface area contributed by atoms with Crippen LogP contribution in [0.15, 0.2) is 0 Å². The van der Waals surface area contributed by atoms with E-state index < -0.39 is 29.0 Å². The lowest BCUT2D eigenvalue weighted by Crippen LogP contribution is -2.56. The third-order valence-electron chi connectivity index (χ3n) is 2.34. The van der Waals surface area contributed by atoms with E-state index in [4.69, 9.17) is 5.11 Å². The molecule has 0 saturated carbocycles. The number of carbonyl (C=O) groups is 1. The first-order valence-corrected chi connectivity index (χ1v) is 4.57. The number of rotatable bonds is 3. The highest BCUT2D eigenvalue weighted by Gasteiger charge is 2.51. The fourth-order valence-corrected chi connectivity index (χ4v) is 0.940. The van der Waals surface area contributed by atoms with Gasteiger partial charge in [0.2, 0.25) is 5.79 Å². The Morgan fingerprint density at radius 2 is 1.43 bits per heavy atom. The standard InChI is InChI=1S/C10H20O4/c1-8(2,3)7(12)10(13,14)9(4,5)6-11/h11,13-14H,6H2,1-5H3. The Morgan fingerprint density at radius 3 is 1.64 bits per heavy atom. The van der Waals surface area contributed by atoms with Gasteiger partial charge in [-0.05, 0) is 0 Å². The predicted octanol–water partition coefficient (Wildman–Crippen LogP) is 0.301. The highest BCUT2D eigenvalue weighted by Crippen LogP contribution is 2.34. The number of aliphatic hydroxyl groups is 3. The molecule has 84 valence electrons. The molecule has 0 heterocycles. The van der Waals surface area contributed by atoms with Gasteiger partial charge in [0, 0.05) is 10.8 Å². The molecule has 0 fully saturated rings. The number of hydrogen-bond acceptors (Lipinski definition) is 4. The molecule has 14 heavy (non-hydrogen) atoms. The van der Waals surface area contributed by atoms with Crippen molar-refractivity contribution in [2.24, 2.45) is 10.8 Å². The smallest absolute Gasteiger partial charge is 0.232 e. The normalized spacial score (nSPS) is 14.3. The Labute approximate surface area is 84.6 Å². The van der Waals surface area contributed by atoms with Crippen LogP contribution in [0.3, 0.4) is 0 Å². The summed E-state index contributed by atoms with van der Waals surface area (Å²) in [6, 6.07) is 0. The van der Waals surface area contributed by atoms with E-state index in [1.165, 1.54) is 13.8 Å². The van der Waals surface area contributed by atoms with Crippen molar-refractivity contribution in [3.63, 3.8) is 0 Å². The zero-order chi connectivity index (χ0) is 11.8. The summed E-state index contributed by atoms with van der Waals surface area (Å²) in [7, 11) is 0. The zero-order valence-electron chi connectivity index (χ0n) is 9.46. The molecule has 0 saturated heterocycles. The van der Waals surface area contributed by atoms with Crippen molar-refractivity contribution in [1.29, 1.82) is 0 Å². The van der Waals surface area contributed by atoms with Crippen LogP contribution >= 0.6 is 0 Å². The third-order valence-corrected chi connectivity index (χ3v) is 2.34. The largest absolute Gasteiger partial charge is 0.396 e. The lowest BCUT2D eigenvalue weighted by Gasteiger charge is -2.38. The fraction of sp³-hybridized carbons (Fsp3) is 0.900. The lowest BCUT2D eigenvalue weighted by molar-refractivity contribution is -0.238. The molecule has 0 amide bonds. The van der Waals surface area contributed by atoms with Gasteiger partial charge in [0.1, 0.15) is 0 Å². The SMILES string of the molecule is CC(C)(C)C(=O)C(O)(O)C(C)(C)CO. The molecule has 0 aliphatic heterocycles. The summed E-state index contributed by atoms with van der Waals surface area (Å²) >= 11 is 0. The maximum atomic E-state index is 11.7. The topological polar surface area (TPSA) is 77.8 Å². The molecule has 0 spiro atoms. The Hall–Kier alpha value is -0.450. The predicted molar refractivity (Wildman–Crippen MR) is 52.5 cm³/mol. The van der Waals surface area contributed by atoms with Gasteiger partial charge in [0.15, 0.2) is 5.78 Å². The summed E-state index contributed by atoms with van der Waals surface area (Å²) in [4.78, 5) is 11.7. The van der Waals surface area contributed by atoms with Crippen LogP contribution in [-0.2, 0) is 4.79 Å². The van der Waals surface area contributed by atoms with Crippen LogP contribution in [0.1, 0.15) is 34.6 Å².